The van der Waals surface area contributed by atoms with E-state index in [1.165, 1.54) is 5.75 Å². The van der Waals surface area contributed by atoms with E-state index in [9.17, 15) is 5.11 Å². The van der Waals surface area contributed by atoms with Gasteiger partial charge in [-0.2, -0.15) is 16.7 Å². The molecule has 0 spiro atoms. The van der Waals surface area contributed by atoms with E-state index in [1.807, 2.05) is 30.4 Å². The van der Waals surface area contributed by atoms with Crippen molar-refractivity contribution in [3.05, 3.63) is 11.7 Å². The first-order valence-electron chi connectivity index (χ1n) is 6.38. The first kappa shape index (κ1) is 14.2. The molecule has 0 bridgehead atoms. The van der Waals surface area contributed by atoms with Crippen molar-refractivity contribution in [2.24, 2.45) is 0 Å². The van der Waals surface area contributed by atoms with Gasteiger partial charge in [-0.05, 0) is 13.3 Å². The molecule has 1 fully saturated rings. The number of hydrogen-bond donors (Lipinski definition) is 1. The monoisotopic (exact) mass is 288 g/mol. The first-order chi connectivity index (χ1) is 8.63. The van der Waals surface area contributed by atoms with Gasteiger partial charge in [0.05, 0.1) is 17.3 Å². The molecular formula is C12H20N2O2S2. The standard InChI is InChI=1S/C12H20N2O2S2/c1-4-9(7(2)15)12-13-11(14-16-12)10-8(3)17-5-6-18-10/h7-10,15H,4-6H2,1-3H3. The summed E-state index contributed by atoms with van der Waals surface area (Å²) in [4.78, 5) is 4.50. The van der Waals surface area contributed by atoms with Crippen LogP contribution >= 0.6 is 23.5 Å². The van der Waals surface area contributed by atoms with E-state index in [-0.39, 0.29) is 5.92 Å². The Bertz CT molecular complexity index is 384. The van der Waals surface area contributed by atoms with Gasteiger partial charge >= 0.3 is 0 Å². The molecule has 0 saturated carbocycles. The molecule has 1 N–H and O–H groups in total. The van der Waals surface area contributed by atoms with Crippen molar-refractivity contribution in [1.29, 1.82) is 0 Å². The highest BCUT2D eigenvalue weighted by atomic mass is 32.2. The van der Waals surface area contributed by atoms with Crippen LogP contribution in [-0.4, -0.2) is 38.1 Å². The Kier molecular flexibility index (Phi) is 4.98. The third kappa shape index (κ3) is 3.03. The summed E-state index contributed by atoms with van der Waals surface area (Å²) >= 11 is 3.86. The van der Waals surface area contributed by atoms with Crippen LogP contribution in [0.1, 0.15) is 50.1 Å². The number of rotatable bonds is 4. The average Bonchev–Trinajstić information content (AvgIpc) is 2.79. The molecule has 0 aromatic carbocycles. The van der Waals surface area contributed by atoms with Crippen LogP contribution in [0.4, 0.5) is 0 Å². The predicted octanol–water partition coefficient (Wildman–Crippen LogP) is 2.85. The van der Waals surface area contributed by atoms with Gasteiger partial charge in [-0.25, -0.2) is 0 Å². The third-order valence-electron chi connectivity index (χ3n) is 3.24. The molecule has 0 radical (unpaired) electrons. The van der Waals surface area contributed by atoms with E-state index in [0.29, 0.717) is 16.4 Å². The van der Waals surface area contributed by atoms with Gasteiger partial charge in [-0.3, -0.25) is 0 Å². The van der Waals surface area contributed by atoms with E-state index < -0.39 is 6.10 Å². The van der Waals surface area contributed by atoms with Crippen LogP contribution in [-0.2, 0) is 0 Å². The van der Waals surface area contributed by atoms with Crippen LogP contribution in [0.15, 0.2) is 4.52 Å². The molecule has 18 heavy (non-hydrogen) atoms. The molecule has 4 nitrogen and oxygen atoms in total. The Morgan fingerprint density at radius 2 is 2.17 bits per heavy atom. The lowest BCUT2D eigenvalue weighted by Gasteiger charge is -2.24. The van der Waals surface area contributed by atoms with Gasteiger partial charge in [-0.15, -0.1) is 11.8 Å². The SMILES string of the molecule is CCC(c1nc(C2SCCSC2C)no1)C(C)O. The van der Waals surface area contributed by atoms with Crippen molar-refractivity contribution >= 4 is 23.5 Å². The second-order valence-corrected chi connectivity index (χ2v) is 7.35. The Morgan fingerprint density at radius 3 is 2.78 bits per heavy atom. The normalized spacial score (nSPS) is 28.0. The third-order valence-corrected chi connectivity index (χ3v) is 6.33. The Balaban J connectivity index is 2.14. The maximum absolute atomic E-state index is 9.70. The van der Waals surface area contributed by atoms with Crippen LogP contribution in [0.25, 0.3) is 0 Å². The van der Waals surface area contributed by atoms with Gasteiger partial charge in [0.15, 0.2) is 5.82 Å². The molecule has 4 unspecified atom stereocenters. The smallest absolute Gasteiger partial charge is 0.232 e. The minimum absolute atomic E-state index is 0.0530. The number of nitrogens with zero attached hydrogens (tertiary/aromatic N) is 2. The molecule has 4 atom stereocenters. The van der Waals surface area contributed by atoms with Crippen LogP contribution in [0.5, 0.6) is 0 Å². The predicted molar refractivity (Wildman–Crippen MR) is 76.1 cm³/mol. The molecule has 6 heteroatoms. The zero-order chi connectivity index (χ0) is 13.1. The van der Waals surface area contributed by atoms with E-state index in [2.05, 4.69) is 17.1 Å². The number of aliphatic hydroxyl groups excluding tert-OH is 1. The first-order valence-corrected chi connectivity index (χ1v) is 8.48. The zero-order valence-electron chi connectivity index (χ0n) is 11.0. The minimum atomic E-state index is -0.450. The van der Waals surface area contributed by atoms with Crippen LogP contribution < -0.4 is 0 Å². The molecule has 102 valence electrons. The highest BCUT2D eigenvalue weighted by Gasteiger charge is 2.30. The highest BCUT2D eigenvalue weighted by Crippen LogP contribution is 2.41. The molecule has 2 heterocycles. The van der Waals surface area contributed by atoms with Crippen molar-refractivity contribution < 1.29 is 9.63 Å². The van der Waals surface area contributed by atoms with Crippen molar-refractivity contribution in [1.82, 2.24) is 10.1 Å². The molecule has 1 aromatic heterocycles. The minimum Gasteiger partial charge on any atom is -0.393 e. The van der Waals surface area contributed by atoms with Crippen molar-refractivity contribution in [2.45, 2.75) is 49.7 Å². The largest absolute Gasteiger partial charge is 0.393 e. The van der Waals surface area contributed by atoms with Gasteiger partial charge in [0.2, 0.25) is 5.89 Å². The van der Waals surface area contributed by atoms with Crippen LogP contribution in [0.2, 0.25) is 0 Å². The fourth-order valence-electron chi connectivity index (χ4n) is 2.15. The van der Waals surface area contributed by atoms with Gasteiger partial charge in [0.1, 0.15) is 0 Å². The molecule has 0 aliphatic carbocycles. The van der Waals surface area contributed by atoms with Crippen molar-refractivity contribution in [3.63, 3.8) is 0 Å². The van der Waals surface area contributed by atoms with Crippen LogP contribution in [0.3, 0.4) is 0 Å². The number of aliphatic hydroxyl groups is 1. The maximum atomic E-state index is 9.70. The number of aromatic nitrogens is 2. The quantitative estimate of drug-likeness (QED) is 0.919. The van der Waals surface area contributed by atoms with E-state index in [0.717, 1.165) is 18.0 Å². The molecule has 2 rings (SSSR count). The highest BCUT2D eigenvalue weighted by molar-refractivity contribution is 8.06. The molecule has 1 aromatic rings. The fraction of sp³-hybridized carbons (Fsp3) is 0.833. The second-order valence-electron chi connectivity index (χ2n) is 4.61. The molecule has 1 aliphatic heterocycles. The lowest BCUT2D eigenvalue weighted by molar-refractivity contribution is 0.141. The zero-order valence-corrected chi connectivity index (χ0v) is 12.6. The van der Waals surface area contributed by atoms with Crippen molar-refractivity contribution in [3.8, 4) is 0 Å². The second kappa shape index (κ2) is 6.30. The maximum Gasteiger partial charge on any atom is 0.232 e. The van der Waals surface area contributed by atoms with Gasteiger partial charge in [0.25, 0.3) is 0 Å². The molecule has 1 saturated heterocycles. The summed E-state index contributed by atoms with van der Waals surface area (Å²) in [6.45, 7) is 6.00. The van der Waals surface area contributed by atoms with Crippen LogP contribution in [0, 0.1) is 0 Å². The summed E-state index contributed by atoms with van der Waals surface area (Å²) in [6.07, 6.45) is 0.357. The van der Waals surface area contributed by atoms with E-state index >= 15 is 0 Å². The van der Waals surface area contributed by atoms with Gasteiger partial charge in [0, 0.05) is 16.8 Å². The van der Waals surface area contributed by atoms with Crippen molar-refractivity contribution in [2.75, 3.05) is 11.5 Å². The summed E-state index contributed by atoms with van der Waals surface area (Å²) in [5.41, 5.74) is 0. The summed E-state index contributed by atoms with van der Waals surface area (Å²) in [7, 11) is 0. The number of hydrogen-bond acceptors (Lipinski definition) is 6. The lowest BCUT2D eigenvalue weighted by atomic mass is 10.0. The lowest BCUT2D eigenvalue weighted by Crippen LogP contribution is -2.17. The molecule has 0 amide bonds. The Labute approximate surface area is 116 Å². The van der Waals surface area contributed by atoms with E-state index in [1.54, 1.807) is 6.92 Å². The van der Waals surface area contributed by atoms with E-state index in [4.69, 9.17) is 4.52 Å². The Hall–Kier alpha value is -0.200. The Morgan fingerprint density at radius 1 is 1.44 bits per heavy atom. The van der Waals surface area contributed by atoms with Gasteiger partial charge < -0.3 is 9.63 Å². The molecular weight excluding hydrogens is 268 g/mol. The number of thioether (sulfide) groups is 2. The van der Waals surface area contributed by atoms with Gasteiger partial charge in [-0.1, -0.05) is 19.0 Å². The molecule has 1 aliphatic rings. The average molecular weight is 288 g/mol. The summed E-state index contributed by atoms with van der Waals surface area (Å²) in [5.74, 6) is 3.64. The summed E-state index contributed by atoms with van der Waals surface area (Å²) in [6, 6.07) is 0. The summed E-state index contributed by atoms with van der Waals surface area (Å²) < 4.78 is 5.34. The fourth-order valence-corrected chi connectivity index (χ4v) is 4.83. The summed E-state index contributed by atoms with van der Waals surface area (Å²) in [5, 5.41) is 14.6. The topological polar surface area (TPSA) is 59.2 Å².